The molecule has 0 bridgehead atoms. The molecule has 20 heavy (non-hydrogen) atoms. The summed E-state index contributed by atoms with van der Waals surface area (Å²) in [6, 6.07) is 4.64. The SMILES string of the molecule is Nc1ccc2c(c1)C=C(C(CC(=O)O)C(F)(F)F)CO2. The van der Waals surface area contributed by atoms with Gasteiger partial charge in [0.1, 0.15) is 12.4 Å². The third-order valence-corrected chi connectivity index (χ3v) is 2.99. The number of hydrogen-bond donors (Lipinski definition) is 2. The molecule has 1 aliphatic heterocycles. The third kappa shape index (κ3) is 3.04. The molecule has 0 spiro atoms. The van der Waals surface area contributed by atoms with Crippen molar-refractivity contribution in [1.82, 2.24) is 0 Å². The van der Waals surface area contributed by atoms with Crippen molar-refractivity contribution in [2.24, 2.45) is 5.92 Å². The minimum atomic E-state index is -4.63. The quantitative estimate of drug-likeness (QED) is 0.838. The van der Waals surface area contributed by atoms with Gasteiger partial charge in [0.15, 0.2) is 0 Å². The molecule has 1 aromatic rings. The van der Waals surface area contributed by atoms with E-state index >= 15 is 0 Å². The molecule has 0 aliphatic carbocycles. The number of carbonyl (C=O) groups is 1. The van der Waals surface area contributed by atoms with Crippen LogP contribution in [0.4, 0.5) is 18.9 Å². The van der Waals surface area contributed by atoms with E-state index in [0.29, 0.717) is 17.0 Å². The Morgan fingerprint density at radius 3 is 2.75 bits per heavy atom. The largest absolute Gasteiger partial charge is 0.489 e. The summed E-state index contributed by atoms with van der Waals surface area (Å²) in [4.78, 5) is 10.6. The number of anilines is 1. The average molecular weight is 287 g/mol. The number of ether oxygens (including phenoxy) is 1. The Labute approximate surface area is 112 Å². The zero-order valence-electron chi connectivity index (χ0n) is 10.3. The fourth-order valence-corrected chi connectivity index (χ4v) is 2.05. The van der Waals surface area contributed by atoms with E-state index in [4.69, 9.17) is 15.6 Å². The predicted octanol–water partition coefficient (Wildman–Crippen LogP) is 2.70. The van der Waals surface area contributed by atoms with Gasteiger partial charge in [0.25, 0.3) is 0 Å². The van der Waals surface area contributed by atoms with Crippen LogP contribution < -0.4 is 10.5 Å². The molecule has 1 unspecified atom stereocenters. The van der Waals surface area contributed by atoms with Crippen molar-refractivity contribution < 1.29 is 27.8 Å². The van der Waals surface area contributed by atoms with Crippen molar-refractivity contribution in [2.45, 2.75) is 12.6 Å². The van der Waals surface area contributed by atoms with Gasteiger partial charge in [-0.25, -0.2) is 0 Å². The molecule has 7 heteroatoms. The first-order valence-corrected chi connectivity index (χ1v) is 5.78. The second-order valence-corrected chi connectivity index (χ2v) is 4.50. The van der Waals surface area contributed by atoms with Gasteiger partial charge in [0.05, 0.1) is 12.3 Å². The lowest BCUT2D eigenvalue weighted by Crippen LogP contribution is -2.30. The Bertz CT molecular complexity index is 566. The second-order valence-electron chi connectivity index (χ2n) is 4.50. The summed E-state index contributed by atoms with van der Waals surface area (Å²) in [5.74, 6) is -3.14. The van der Waals surface area contributed by atoms with Gasteiger partial charge in [0.2, 0.25) is 0 Å². The normalized spacial score (nSPS) is 15.8. The lowest BCUT2D eigenvalue weighted by Gasteiger charge is -2.25. The minimum Gasteiger partial charge on any atom is -0.489 e. The number of aliphatic carboxylic acids is 1. The molecule has 4 nitrogen and oxygen atoms in total. The average Bonchev–Trinajstić information content (AvgIpc) is 2.33. The third-order valence-electron chi connectivity index (χ3n) is 2.99. The summed E-state index contributed by atoms with van der Waals surface area (Å²) >= 11 is 0. The molecule has 1 aromatic carbocycles. The number of fused-ring (bicyclic) bond motifs is 1. The van der Waals surface area contributed by atoms with Crippen LogP contribution in [0.2, 0.25) is 0 Å². The van der Waals surface area contributed by atoms with E-state index in [0.717, 1.165) is 0 Å². The summed E-state index contributed by atoms with van der Waals surface area (Å²) in [5.41, 5.74) is 6.27. The van der Waals surface area contributed by atoms with E-state index in [1.54, 1.807) is 12.1 Å². The Balaban J connectivity index is 2.38. The van der Waals surface area contributed by atoms with Crippen LogP contribution in [-0.4, -0.2) is 23.9 Å². The number of rotatable bonds is 3. The summed E-state index contributed by atoms with van der Waals surface area (Å²) in [5, 5.41) is 8.63. The Kier molecular flexibility index (Phi) is 3.61. The Morgan fingerprint density at radius 1 is 1.45 bits per heavy atom. The van der Waals surface area contributed by atoms with Crippen LogP contribution in [0.1, 0.15) is 12.0 Å². The van der Waals surface area contributed by atoms with Crippen LogP contribution >= 0.6 is 0 Å². The number of carboxylic acid groups (broad SMARTS) is 1. The lowest BCUT2D eigenvalue weighted by atomic mass is 9.92. The maximum atomic E-state index is 12.9. The van der Waals surface area contributed by atoms with Gasteiger partial charge in [-0.1, -0.05) is 0 Å². The van der Waals surface area contributed by atoms with Crippen LogP contribution in [0, 0.1) is 5.92 Å². The highest BCUT2D eigenvalue weighted by Crippen LogP contribution is 2.39. The molecule has 0 radical (unpaired) electrons. The lowest BCUT2D eigenvalue weighted by molar-refractivity contribution is -0.174. The first-order valence-electron chi connectivity index (χ1n) is 5.78. The zero-order valence-corrected chi connectivity index (χ0v) is 10.3. The second kappa shape index (κ2) is 5.07. The Morgan fingerprint density at radius 2 is 2.15 bits per heavy atom. The smallest absolute Gasteiger partial charge is 0.396 e. The number of carboxylic acids is 1. The van der Waals surface area contributed by atoms with E-state index < -0.39 is 24.5 Å². The molecule has 0 saturated heterocycles. The summed E-state index contributed by atoms with van der Waals surface area (Å²) in [6.07, 6.45) is -4.35. The van der Waals surface area contributed by atoms with Crippen LogP contribution in [0.5, 0.6) is 5.75 Å². The monoisotopic (exact) mass is 287 g/mol. The molecule has 1 heterocycles. The number of nitrogens with two attached hydrogens (primary N) is 1. The van der Waals surface area contributed by atoms with Crippen molar-refractivity contribution in [3.8, 4) is 5.75 Å². The van der Waals surface area contributed by atoms with E-state index in [1.165, 1.54) is 12.1 Å². The van der Waals surface area contributed by atoms with Crippen LogP contribution in [0.15, 0.2) is 23.8 Å². The minimum absolute atomic E-state index is 0.113. The van der Waals surface area contributed by atoms with Gasteiger partial charge in [-0.3, -0.25) is 4.79 Å². The van der Waals surface area contributed by atoms with Gasteiger partial charge in [-0.2, -0.15) is 13.2 Å². The molecular weight excluding hydrogens is 275 g/mol. The van der Waals surface area contributed by atoms with Crippen molar-refractivity contribution >= 4 is 17.7 Å². The van der Waals surface area contributed by atoms with Gasteiger partial charge >= 0.3 is 12.1 Å². The highest BCUT2D eigenvalue weighted by atomic mass is 19.4. The Hall–Kier alpha value is -2.18. The highest BCUT2D eigenvalue weighted by molar-refractivity contribution is 5.70. The van der Waals surface area contributed by atoms with E-state index in [2.05, 4.69) is 0 Å². The van der Waals surface area contributed by atoms with E-state index in [-0.39, 0.29) is 12.2 Å². The number of halogens is 3. The molecule has 0 saturated carbocycles. The molecule has 108 valence electrons. The van der Waals surface area contributed by atoms with Crippen molar-refractivity contribution in [3.05, 3.63) is 29.3 Å². The fourth-order valence-electron chi connectivity index (χ4n) is 2.05. The fraction of sp³-hybridized carbons (Fsp3) is 0.308. The van der Waals surface area contributed by atoms with Crippen molar-refractivity contribution in [3.63, 3.8) is 0 Å². The molecule has 1 atom stereocenters. The van der Waals surface area contributed by atoms with Crippen LogP contribution in [-0.2, 0) is 4.79 Å². The molecule has 3 N–H and O–H groups in total. The van der Waals surface area contributed by atoms with Crippen LogP contribution in [0.3, 0.4) is 0 Å². The zero-order chi connectivity index (χ0) is 14.9. The summed E-state index contributed by atoms with van der Waals surface area (Å²) < 4.78 is 44.0. The molecule has 0 fully saturated rings. The summed E-state index contributed by atoms with van der Waals surface area (Å²) in [6.45, 7) is -0.283. The summed E-state index contributed by atoms with van der Waals surface area (Å²) in [7, 11) is 0. The van der Waals surface area contributed by atoms with Gasteiger partial charge in [0, 0.05) is 11.3 Å². The first kappa shape index (κ1) is 14.2. The number of hydrogen-bond acceptors (Lipinski definition) is 3. The number of alkyl halides is 3. The van der Waals surface area contributed by atoms with Crippen LogP contribution in [0.25, 0.3) is 6.08 Å². The maximum Gasteiger partial charge on any atom is 0.396 e. The molecule has 2 rings (SSSR count). The highest BCUT2D eigenvalue weighted by Gasteiger charge is 2.44. The maximum absolute atomic E-state index is 12.9. The molecule has 0 aromatic heterocycles. The topological polar surface area (TPSA) is 72.6 Å². The molecule has 1 aliphatic rings. The van der Waals surface area contributed by atoms with Crippen molar-refractivity contribution in [1.29, 1.82) is 0 Å². The molecule has 0 amide bonds. The van der Waals surface area contributed by atoms with Gasteiger partial charge in [-0.15, -0.1) is 0 Å². The van der Waals surface area contributed by atoms with Crippen molar-refractivity contribution in [2.75, 3.05) is 12.3 Å². The van der Waals surface area contributed by atoms with Gasteiger partial charge in [-0.05, 0) is 29.8 Å². The van der Waals surface area contributed by atoms with E-state index in [1.807, 2.05) is 0 Å². The predicted molar refractivity (Wildman–Crippen MR) is 66.1 cm³/mol. The van der Waals surface area contributed by atoms with E-state index in [9.17, 15) is 18.0 Å². The number of nitrogen functional groups attached to an aromatic ring is 1. The molecular formula is C13H12F3NO3. The van der Waals surface area contributed by atoms with Gasteiger partial charge < -0.3 is 15.6 Å². The first-order chi connectivity index (χ1) is 9.27. The number of benzene rings is 1. The standard InChI is InChI=1S/C13H12F3NO3/c14-13(15,16)10(5-12(18)19)8-3-7-4-9(17)1-2-11(7)20-6-8/h1-4,10H,5-6,17H2,(H,18,19).